The van der Waals surface area contributed by atoms with Crippen LogP contribution in [0.5, 0.6) is 5.75 Å². The molecule has 5 nitrogen and oxygen atoms in total. The van der Waals surface area contributed by atoms with Gasteiger partial charge in [-0.05, 0) is 42.5 Å². The van der Waals surface area contributed by atoms with Crippen molar-refractivity contribution in [1.82, 2.24) is 5.01 Å². The van der Waals surface area contributed by atoms with Crippen LogP contribution < -0.4 is 0 Å². The number of amides is 1. The van der Waals surface area contributed by atoms with Gasteiger partial charge in [0.25, 0.3) is 5.91 Å². The summed E-state index contributed by atoms with van der Waals surface area (Å²) in [7, 11) is 0. The summed E-state index contributed by atoms with van der Waals surface area (Å²) in [6, 6.07) is 16.3. The van der Waals surface area contributed by atoms with E-state index in [1.165, 1.54) is 10.6 Å². The average Bonchev–Trinajstić information content (AvgIpc) is 2.98. The number of nitrogens with zero attached hydrogens (tertiary/aromatic N) is 3. The zero-order valence-corrected chi connectivity index (χ0v) is 17.5. The van der Waals surface area contributed by atoms with Gasteiger partial charge in [-0.25, -0.2) is 4.99 Å². The summed E-state index contributed by atoms with van der Waals surface area (Å²) in [5.41, 5.74) is 4.20. The van der Waals surface area contributed by atoms with E-state index in [1.807, 2.05) is 30.3 Å². The minimum absolute atomic E-state index is 0.0126. The number of phenolic OH excluding ortho intramolecular Hbond substituents is 1. The molecule has 1 aliphatic heterocycles. The molecule has 30 heavy (non-hydrogen) atoms. The van der Waals surface area contributed by atoms with E-state index in [2.05, 4.69) is 31.8 Å². The fourth-order valence-electron chi connectivity index (χ4n) is 3.99. The van der Waals surface area contributed by atoms with Crippen LogP contribution in [0.2, 0.25) is 0 Å². The summed E-state index contributed by atoms with van der Waals surface area (Å²) < 4.78 is 0. The number of hydrogen-bond donors (Lipinski definition) is 1. The summed E-state index contributed by atoms with van der Waals surface area (Å²) in [6.45, 7) is 6.46. The van der Waals surface area contributed by atoms with Gasteiger partial charge >= 0.3 is 0 Å². The first kappa shape index (κ1) is 19.8. The Morgan fingerprint density at radius 1 is 1.10 bits per heavy atom. The summed E-state index contributed by atoms with van der Waals surface area (Å²) in [5, 5.41) is 15.7. The Morgan fingerprint density at radius 2 is 1.80 bits per heavy atom. The second kappa shape index (κ2) is 7.75. The van der Waals surface area contributed by atoms with Gasteiger partial charge < -0.3 is 5.11 Å². The highest BCUT2D eigenvalue weighted by Gasteiger charge is 2.33. The number of hydrazone groups is 1. The molecule has 0 saturated heterocycles. The molecule has 0 aromatic heterocycles. The molecule has 0 fully saturated rings. The van der Waals surface area contributed by atoms with Crippen molar-refractivity contribution in [2.24, 2.45) is 15.5 Å². The highest BCUT2D eigenvalue weighted by molar-refractivity contribution is 6.20. The van der Waals surface area contributed by atoms with E-state index in [1.54, 1.807) is 30.3 Å². The van der Waals surface area contributed by atoms with Gasteiger partial charge in [0.1, 0.15) is 11.4 Å². The average molecular weight is 399 g/mol. The number of amidine groups is 1. The van der Waals surface area contributed by atoms with Crippen molar-refractivity contribution >= 4 is 23.5 Å². The first-order valence-electron chi connectivity index (χ1n) is 10.0. The number of carbonyl (C=O) groups is 1. The molecular weight excluding hydrogens is 374 g/mol. The molecule has 0 atom stereocenters. The number of carbonyl (C=O) groups excluding carboxylic acids is 1. The molecule has 0 bridgehead atoms. The van der Waals surface area contributed by atoms with Gasteiger partial charge in [0.15, 0.2) is 5.84 Å². The number of aliphatic imine (C=N–C) groups is 1. The molecule has 1 aliphatic carbocycles. The highest BCUT2D eigenvalue weighted by Crippen LogP contribution is 2.32. The normalized spacial score (nSPS) is 21.2. The van der Waals surface area contributed by atoms with Crippen LogP contribution in [0.4, 0.5) is 0 Å². The number of benzene rings is 2. The maximum atomic E-state index is 13.2. The summed E-state index contributed by atoms with van der Waals surface area (Å²) in [6.07, 6.45) is 5.56. The van der Waals surface area contributed by atoms with E-state index in [0.717, 1.165) is 29.7 Å². The maximum absolute atomic E-state index is 13.2. The van der Waals surface area contributed by atoms with Crippen molar-refractivity contribution < 1.29 is 9.90 Å². The van der Waals surface area contributed by atoms with E-state index in [9.17, 15) is 9.90 Å². The van der Waals surface area contributed by atoms with E-state index in [4.69, 9.17) is 5.10 Å². The second-order valence-corrected chi connectivity index (χ2v) is 8.54. The van der Waals surface area contributed by atoms with Crippen LogP contribution in [0.15, 0.2) is 82.0 Å². The molecule has 5 heteroatoms. The topological polar surface area (TPSA) is 65.3 Å². The van der Waals surface area contributed by atoms with Crippen molar-refractivity contribution in [2.75, 3.05) is 0 Å². The first-order chi connectivity index (χ1) is 14.3. The Bertz CT molecular complexity index is 1090. The van der Waals surface area contributed by atoms with E-state index in [-0.39, 0.29) is 17.1 Å². The van der Waals surface area contributed by atoms with Gasteiger partial charge in [-0.3, -0.25) is 4.79 Å². The van der Waals surface area contributed by atoms with Crippen LogP contribution in [0.3, 0.4) is 0 Å². The lowest BCUT2D eigenvalue weighted by Gasteiger charge is -2.28. The molecule has 0 unspecified atom stereocenters. The van der Waals surface area contributed by atoms with Crippen LogP contribution in [-0.4, -0.2) is 27.6 Å². The minimum atomic E-state index is -0.251. The lowest BCUT2D eigenvalue weighted by Crippen LogP contribution is -2.31. The van der Waals surface area contributed by atoms with Gasteiger partial charge in [0.2, 0.25) is 0 Å². The Morgan fingerprint density at radius 3 is 2.47 bits per heavy atom. The third kappa shape index (κ3) is 4.25. The third-order valence-corrected chi connectivity index (χ3v) is 5.09. The van der Waals surface area contributed by atoms with Crippen molar-refractivity contribution in [1.29, 1.82) is 0 Å². The molecule has 2 aromatic rings. The van der Waals surface area contributed by atoms with E-state index < -0.39 is 0 Å². The predicted molar refractivity (Wildman–Crippen MR) is 120 cm³/mol. The first-order valence-corrected chi connectivity index (χ1v) is 10.0. The summed E-state index contributed by atoms with van der Waals surface area (Å²) in [4.78, 5) is 17.9. The van der Waals surface area contributed by atoms with Crippen LogP contribution in [0.1, 0.15) is 44.7 Å². The molecule has 1 heterocycles. The predicted octanol–water partition coefficient (Wildman–Crippen LogP) is 5.14. The molecule has 152 valence electrons. The molecule has 0 radical (unpaired) electrons. The fourth-order valence-corrected chi connectivity index (χ4v) is 3.99. The number of aromatic hydroxyl groups is 1. The van der Waals surface area contributed by atoms with Crippen molar-refractivity contribution in [2.45, 2.75) is 33.6 Å². The molecular formula is C25H25N3O2. The van der Waals surface area contributed by atoms with Crippen LogP contribution in [-0.2, 0) is 4.79 Å². The number of phenols is 1. The second-order valence-electron chi connectivity index (χ2n) is 8.54. The molecule has 0 spiro atoms. The maximum Gasteiger partial charge on any atom is 0.298 e. The molecule has 0 saturated carbocycles. The van der Waals surface area contributed by atoms with Crippen LogP contribution in [0.25, 0.3) is 6.08 Å². The standard InChI is InChI=1S/C25H25N3O2/c1-17-13-20(16-25(2,3)15-17)27-28-23(19-7-5-4-6-8-19)26-22(24(28)30)14-18-9-11-21(29)12-10-18/h4-12,14-15,29H,13,16H2,1-3H3/b22-14+,27-20+. The Labute approximate surface area is 176 Å². The molecule has 2 aromatic carbocycles. The van der Waals surface area contributed by atoms with Gasteiger partial charge in [0.05, 0.1) is 0 Å². The molecule has 2 aliphatic rings. The Kier molecular flexibility index (Phi) is 5.12. The SMILES string of the molecule is CC1=CC(C)(C)C/C(=N/N2C(=O)/C(=C\c3ccc(O)cc3)N=C2c2ccccc2)C1. The van der Waals surface area contributed by atoms with Gasteiger partial charge in [-0.1, -0.05) is 68.0 Å². The lowest BCUT2D eigenvalue weighted by atomic mass is 9.79. The molecule has 4 rings (SSSR count). The Balaban J connectivity index is 1.74. The monoisotopic (exact) mass is 399 g/mol. The van der Waals surface area contributed by atoms with E-state index in [0.29, 0.717) is 11.5 Å². The zero-order valence-electron chi connectivity index (χ0n) is 17.5. The fraction of sp³-hybridized carbons (Fsp3) is 0.240. The highest BCUT2D eigenvalue weighted by atomic mass is 16.3. The third-order valence-electron chi connectivity index (χ3n) is 5.09. The summed E-state index contributed by atoms with van der Waals surface area (Å²) in [5.74, 6) is 0.460. The van der Waals surface area contributed by atoms with Gasteiger partial charge in [0, 0.05) is 17.7 Å². The Hall–Kier alpha value is -3.47. The van der Waals surface area contributed by atoms with Crippen molar-refractivity contribution in [3.63, 3.8) is 0 Å². The van der Waals surface area contributed by atoms with Crippen molar-refractivity contribution in [3.8, 4) is 5.75 Å². The molecule has 1 N–H and O–H groups in total. The number of hydrogen-bond acceptors (Lipinski definition) is 4. The number of rotatable bonds is 3. The zero-order chi connectivity index (χ0) is 21.3. The van der Waals surface area contributed by atoms with E-state index >= 15 is 0 Å². The quantitative estimate of drug-likeness (QED) is 0.573. The largest absolute Gasteiger partial charge is 0.508 e. The number of allylic oxidation sites excluding steroid dienone is 2. The molecule has 1 amide bonds. The van der Waals surface area contributed by atoms with Crippen LogP contribution >= 0.6 is 0 Å². The summed E-state index contributed by atoms with van der Waals surface area (Å²) >= 11 is 0. The van der Waals surface area contributed by atoms with Gasteiger partial charge in [-0.15, -0.1) is 0 Å². The van der Waals surface area contributed by atoms with Crippen molar-refractivity contribution in [3.05, 3.63) is 83.1 Å². The minimum Gasteiger partial charge on any atom is -0.508 e. The smallest absolute Gasteiger partial charge is 0.298 e. The van der Waals surface area contributed by atoms with Crippen LogP contribution in [0, 0.1) is 5.41 Å². The van der Waals surface area contributed by atoms with Gasteiger partial charge in [-0.2, -0.15) is 10.1 Å². The lowest BCUT2D eigenvalue weighted by molar-refractivity contribution is -0.122.